The maximum absolute atomic E-state index is 14.2. The van der Waals surface area contributed by atoms with Gasteiger partial charge in [0.05, 0.1) is 40.6 Å². The summed E-state index contributed by atoms with van der Waals surface area (Å²) >= 11 is 0. The number of aromatic nitrogens is 5. The summed E-state index contributed by atoms with van der Waals surface area (Å²) in [6.45, 7) is 1.75. The van der Waals surface area contributed by atoms with Crippen LogP contribution in [0.1, 0.15) is 36.3 Å². The zero-order chi connectivity index (χ0) is 25.3. The highest BCUT2D eigenvalue weighted by Crippen LogP contribution is 2.28. The number of hydrogen-bond acceptors (Lipinski definition) is 10. The Hall–Kier alpha value is -5.17. The van der Waals surface area contributed by atoms with Crippen LogP contribution in [0.3, 0.4) is 0 Å². The molecule has 0 spiro atoms. The van der Waals surface area contributed by atoms with Crippen LogP contribution in [0.5, 0.6) is 0 Å². The van der Waals surface area contributed by atoms with Crippen molar-refractivity contribution in [3.05, 3.63) is 69.5 Å². The van der Waals surface area contributed by atoms with E-state index in [1.165, 1.54) is 6.20 Å². The molecule has 35 heavy (non-hydrogen) atoms. The van der Waals surface area contributed by atoms with E-state index >= 15 is 0 Å². The fourth-order valence-corrected chi connectivity index (χ4v) is 3.59. The van der Waals surface area contributed by atoms with E-state index in [9.17, 15) is 24.1 Å². The van der Waals surface area contributed by atoms with Crippen molar-refractivity contribution < 1.29 is 8.78 Å². The lowest BCUT2D eigenvalue weighted by Crippen LogP contribution is -2.29. The van der Waals surface area contributed by atoms with Gasteiger partial charge in [0.1, 0.15) is 41.0 Å². The summed E-state index contributed by atoms with van der Waals surface area (Å²) in [5.41, 5.74) is 10.4. The van der Waals surface area contributed by atoms with E-state index in [2.05, 4.69) is 25.3 Å². The molecular formula is C22H16F2N10O. The van der Waals surface area contributed by atoms with E-state index in [-0.39, 0.29) is 57.5 Å². The Bertz CT molecular complexity index is 1620. The number of nitriles is 2. The molecular weight excluding hydrogens is 458 g/mol. The quantitative estimate of drug-likeness (QED) is 0.387. The Morgan fingerprint density at radius 1 is 1.09 bits per heavy atom. The van der Waals surface area contributed by atoms with Crippen molar-refractivity contribution in [2.24, 2.45) is 0 Å². The summed E-state index contributed by atoms with van der Waals surface area (Å²) in [6.07, 6.45) is 2.47. The molecule has 4 aromatic rings. The first-order valence-electron chi connectivity index (χ1n) is 10.1. The molecule has 0 amide bonds. The number of nitrogens with zero attached hydrogens (tertiary/aromatic N) is 7. The first kappa shape index (κ1) is 23.0. The summed E-state index contributed by atoms with van der Waals surface area (Å²) in [4.78, 5) is 29.6. The molecule has 5 N–H and O–H groups in total. The third-order valence-corrected chi connectivity index (χ3v) is 5.13. The molecule has 3 aromatic heterocycles. The molecule has 1 atom stereocenters. The van der Waals surface area contributed by atoms with E-state index in [0.717, 1.165) is 29.0 Å². The van der Waals surface area contributed by atoms with Gasteiger partial charge in [0.2, 0.25) is 5.95 Å². The van der Waals surface area contributed by atoms with Gasteiger partial charge in [0, 0.05) is 6.07 Å². The molecule has 0 bridgehead atoms. The summed E-state index contributed by atoms with van der Waals surface area (Å²) in [7, 11) is 0. The second kappa shape index (κ2) is 8.99. The van der Waals surface area contributed by atoms with E-state index in [0.29, 0.717) is 0 Å². The van der Waals surface area contributed by atoms with Crippen molar-refractivity contribution in [2.75, 3.05) is 16.8 Å². The molecule has 0 radical (unpaired) electrons. The number of nitrogens with one attached hydrogen (secondary N) is 1. The van der Waals surface area contributed by atoms with Gasteiger partial charge in [-0.2, -0.15) is 20.5 Å². The average molecular weight is 474 g/mol. The van der Waals surface area contributed by atoms with E-state index < -0.39 is 23.2 Å². The zero-order valence-corrected chi connectivity index (χ0v) is 18.1. The third-order valence-electron chi connectivity index (χ3n) is 5.13. The molecule has 11 nitrogen and oxygen atoms in total. The number of nitrogens with two attached hydrogens (primary N) is 2. The molecule has 13 heteroatoms. The predicted molar refractivity (Wildman–Crippen MR) is 122 cm³/mol. The number of pyridine rings is 1. The fourth-order valence-electron chi connectivity index (χ4n) is 3.59. The highest BCUT2D eigenvalue weighted by molar-refractivity contribution is 5.84. The second-order valence-corrected chi connectivity index (χ2v) is 7.34. The number of hydrogen-bond donors (Lipinski definition) is 3. The van der Waals surface area contributed by atoms with Crippen molar-refractivity contribution in [1.82, 2.24) is 24.5 Å². The van der Waals surface area contributed by atoms with Gasteiger partial charge in [-0.25, -0.2) is 13.8 Å². The molecule has 174 valence electrons. The van der Waals surface area contributed by atoms with Crippen molar-refractivity contribution in [1.29, 1.82) is 10.5 Å². The van der Waals surface area contributed by atoms with Crippen LogP contribution in [0, 0.1) is 34.3 Å². The Labute approximate surface area is 196 Å². The maximum atomic E-state index is 14.2. The Morgan fingerprint density at radius 2 is 1.86 bits per heavy atom. The van der Waals surface area contributed by atoms with Gasteiger partial charge < -0.3 is 16.8 Å². The molecule has 0 aliphatic heterocycles. The minimum atomic E-state index is -0.826. The molecule has 1 unspecified atom stereocenters. The van der Waals surface area contributed by atoms with Crippen molar-refractivity contribution in [2.45, 2.75) is 19.4 Å². The number of benzene rings is 1. The maximum Gasteiger partial charge on any atom is 0.266 e. The number of rotatable bonds is 5. The topological polar surface area (TPSA) is 185 Å². The number of halogens is 2. The van der Waals surface area contributed by atoms with Crippen LogP contribution in [0.2, 0.25) is 0 Å². The number of nitrogen functional groups attached to an aromatic ring is 2. The minimum Gasteiger partial charge on any atom is -0.382 e. The van der Waals surface area contributed by atoms with Crippen LogP contribution in [0.15, 0.2) is 35.4 Å². The van der Waals surface area contributed by atoms with Gasteiger partial charge >= 0.3 is 0 Å². The predicted octanol–water partition coefficient (Wildman–Crippen LogP) is 2.32. The van der Waals surface area contributed by atoms with Gasteiger partial charge in [-0.3, -0.25) is 14.3 Å². The van der Waals surface area contributed by atoms with Crippen LogP contribution in [0.25, 0.3) is 16.6 Å². The third kappa shape index (κ3) is 4.14. The van der Waals surface area contributed by atoms with Crippen molar-refractivity contribution in [3.8, 4) is 17.8 Å². The largest absolute Gasteiger partial charge is 0.382 e. The molecule has 0 fully saturated rings. The number of anilines is 3. The Morgan fingerprint density at radius 3 is 2.51 bits per heavy atom. The van der Waals surface area contributed by atoms with Crippen LogP contribution >= 0.6 is 0 Å². The summed E-state index contributed by atoms with van der Waals surface area (Å²) in [6, 6.07) is 5.87. The van der Waals surface area contributed by atoms with Gasteiger partial charge in [-0.1, -0.05) is 6.92 Å². The standard InChI is InChI=1S/C22H16F2N10O/c1-2-16(30-19-15(7-26)18(27)32-22(28)33-19)20-31-17-10(6-25)3-11(23)5-14(17)21(35)34(20)13-4-12(24)8-29-9-13/h3-5,8-9,16H,2H2,1H3,(H5,27,28,30,32,33). The molecule has 0 saturated heterocycles. The summed E-state index contributed by atoms with van der Waals surface area (Å²) < 4.78 is 29.2. The van der Waals surface area contributed by atoms with Gasteiger partial charge in [-0.05, 0) is 18.6 Å². The van der Waals surface area contributed by atoms with Crippen LogP contribution < -0.4 is 22.3 Å². The SMILES string of the molecule is CCC(Nc1nc(N)nc(N)c1C#N)c1nc2c(C#N)cc(F)cc2c(=O)n1-c1cncc(F)c1. The monoisotopic (exact) mass is 474 g/mol. The Kier molecular flexibility index (Phi) is 5.91. The molecule has 4 rings (SSSR count). The first-order valence-corrected chi connectivity index (χ1v) is 10.1. The average Bonchev–Trinajstić information content (AvgIpc) is 2.82. The Balaban J connectivity index is 2.04. The summed E-state index contributed by atoms with van der Waals surface area (Å²) in [5, 5.41) is 21.8. The van der Waals surface area contributed by atoms with Gasteiger partial charge in [0.25, 0.3) is 5.56 Å². The fraction of sp³-hybridized carbons (Fsp3) is 0.136. The lowest BCUT2D eigenvalue weighted by atomic mass is 10.1. The lowest BCUT2D eigenvalue weighted by Gasteiger charge is -2.23. The van der Waals surface area contributed by atoms with E-state index in [1.807, 2.05) is 12.1 Å². The number of fused-ring (bicyclic) bond motifs is 1. The molecule has 3 heterocycles. The highest BCUT2D eigenvalue weighted by Gasteiger charge is 2.24. The molecule has 1 aromatic carbocycles. The minimum absolute atomic E-state index is 0.0118. The van der Waals surface area contributed by atoms with Crippen LogP contribution in [-0.2, 0) is 0 Å². The lowest BCUT2D eigenvalue weighted by molar-refractivity contribution is 0.614. The smallest absolute Gasteiger partial charge is 0.266 e. The van der Waals surface area contributed by atoms with Gasteiger partial charge in [0.15, 0.2) is 5.82 Å². The van der Waals surface area contributed by atoms with Crippen molar-refractivity contribution >= 4 is 28.5 Å². The van der Waals surface area contributed by atoms with Gasteiger partial charge in [-0.15, -0.1) is 0 Å². The van der Waals surface area contributed by atoms with Crippen molar-refractivity contribution in [3.63, 3.8) is 0 Å². The molecule has 0 saturated carbocycles. The van der Waals surface area contributed by atoms with E-state index in [4.69, 9.17) is 11.5 Å². The van der Waals surface area contributed by atoms with Crippen LogP contribution in [-0.4, -0.2) is 24.5 Å². The zero-order valence-electron chi connectivity index (χ0n) is 18.1. The molecule has 0 aliphatic rings. The first-order chi connectivity index (χ1) is 16.8. The summed E-state index contributed by atoms with van der Waals surface area (Å²) in [5.74, 6) is -1.86. The highest BCUT2D eigenvalue weighted by atomic mass is 19.1. The molecule has 0 aliphatic carbocycles. The van der Waals surface area contributed by atoms with E-state index in [1.54, 1.807) is 6.92 Å². The second-order valence-electron chi connectivity index (χ2n) is 7.34. The normalized spacial score (nSPS) is 11.6. The van der Waals surface area contributed by atoms with Crippen LogP contribution in [0.4, 0.5) is 26.4 Å².